The highest BCUT2D eigenvalue weighted by Crippen LogP contribution is 2.31. The van der Waals surface area contributed by atoms with Crippen molar-refractivity contribution < 1.29 is 19.5 Å². The highest BCUT2D eigenvalue weighted by Gasteiger charge is 2.34. The Morgan fingerprint density at radius 3 is 2.67 bits per heavy atom. The molecule has 0 radical (unpaired) electrons. The number of hydrogen-bond acceptors (Lipinski definition) is 5. The van der Waals surface area contributed by atoms with Gasteiger partial charge in [0.1, 0.15) is 5.75 Å². The summed E-state index contributed by atoms with van der Waals surface area (Å²) in [5, 5.41) is 12.0. The molecule has 3 rings (SSSR count). The van der Waals surface area contributed by atoms with Crippen LogP contribution in [0.3, 0.4) is 0 Å². The summed E-state index contributed by atoms with van der Waals surface area (Å²) in [4.78, 5) is 38.2. The van der Waals surface area contributed by atoms with Gasteiger partial charge < -0.3 is 10.4 Å². The van der Waals surface area contributed by atoms with E-state index in [0.717, 1.165) is 27.8 Å². The number of phenolic OH excluding ortho intramolecular Hbond substituents is 1. The molecule has 0 spiro atoms. The lowest BCUT2D eigenvalue weighted by molar-refractivity contribution is -0.122. The zero-order chi connectivity index (χ0) is 19.4. The number of imide groups is 1. The molecule has 2 N–H and O–H groups in total. The summed E-state index contributed by atoms with van der Waals surface area (Å²) in [5.41, 5.74) is 1.84. The average molecular weight is 382 g/mol. The predicted molar refractivity (Wildman–Crippen MR) is 104 cm³/mol. The SMILES string of the molecule is Cc1ccc(O)c(C(=O)NCCN2C(=O)S/C(=C\c3ccccc3)C2=O)c1. The summed E-state index contributed by atoms with van der Waals surface area (Å²) in [6.45, 7) is 1.98. The van der Waals surface area contributed by atoms with Gasteiger partial charge in [-0.2, -0.15) is 0 Å². The van der Waals surface area contributed by atoms with E-state index in [4.69, 9.17) is 0 Å². The second-order valence-corrected chi connectivity index (χ2v) is 7.01. The Kier molecular flexibility index (Phi) is 5.61. The first-order chi connectivity index (χ1) is 13.0. The Balaban J connectivity index is 1.60. The van der Waals surface area contributed by atoms with Crippen molar-refractivity contribution >= 4 is 34.9 Å². The minimum atomic E-state index is -0.456. The van der Waals surface area contributed by atoms with Crippen molar-refractivity contribution in [3.63, 3.8) is 0 Å². The zero-order valence-corrected chi connectivity index (χ0v) is 15.5. The third-order valence-corrected chi connectivity index (χ3v) is 4.90. The molecule has 2 aromatic rings. The number of aryl methyl sites for hydroxylation is 1. The van der Waals surface area contributed by atoms with Crippen LogP contribution in [0.1, 0.15) is 21.5 Å². The van der Waals surface area contributed by atoms with Gasteiger partial charge in [0.25, 0.3) is 17.1 Å². The summed E-state index contributed by atoms with van der Waals surface area (Å²) in [5.74, 6) is -0.945. The highest BCUT2D eigenvalue weighted by atomic mass is 32.2. The summed E-state index contributed by atoms with van der Waals surface area (Å²) in [6.07, 6.45) is 1.67. The Labute approximate surface area is 160 Å². The van der Waals surface area contributed by atoms with E-state index in [0.29, 0.717) is 4.91 Å². The maximum Gasteiger partial charge on any atom is 0.293 e. The molecule has 1 saturated heterocycles. The van der Waals surface area contributed by atoms with Crippen LogP contribution >= 0.6 is 11.8 Å². The van der Waals surface area contributed by atoms with Gasteiger partial charge in [0.15, 0.2) is 0 Å². The number of nitrogens with zero attached hydrogens (tertiary/aromatic N) is 1. The molecule has 7 heteroatoms. The molecule has 1 aliphatic rings. The molecule has 0 atom stereocenters. The lowest BCUT2D eigenvalue weighted by atomic mass is 10.1. The molecule has 1 fully saturated rings. The van der Waals surface area contributed by atoms with Crippen molar-refractivity contribution in [2.75, 3.05) is 13.1 Å². The van der Waals surface area contributed by atoms with Crippen LogP contribution in [-0.4, -0.2) is 40.1 Å². The molecular formula is C20H18N2O4S. The Hall–Kier alpha value is -3.06. The fourth-order valence-electron chi connectivity index (χ4n) is 2.60. The number of hydrogen-bond donors (Lipinski definition) is 2. The molecule has 1 heterocycles. The molecule has 0 saturated carbocycles. The number of thioether (sulfide) groups is 1. The summed E-state index contributed by atoms with van der Waals surface area (Å²) < 4.78 is 0. The smallest absolute Gasteiger partial charge is 0.293 e. The third kappa shape index (κ3) is 4.38. The molecule has 0 unspecified atom stereocenters. The lowest BCUT2D eigenvalue weighted by Crippen LogP contribution is -2.37. The van der Waals surface area contributed by atoms with Crippen LogP contribution in [0, 0.1) is 6.92 Å². The number of amides is 3. The molecule has 0 aliphatic carbocycles. The van der Waals surface area contributed by atoms with Crippen molar-refractivity contribution in [1.82, 2.24) is 10.2 Å². The van der Waals surface area contributed by atoms with Gasteiger partial charge in [-0.05, 0) is 42.5 Å². The van der Waals surface area contributed by atoms with Gasteiger partial charge in [0, 0.05) is 13.1 Å². The summed E-state index contributed by atoms with van der Waals surface area (Å²) in [7, 11) is 0. The van der Waals surface area contributed by atoms with Gasteiger partial charge in [0.05, 0.1) is 10.5 Å². The van der Waals surface area contributed by atoms with Gasteiger partial charge in [-0.1, -0.05) is 42.0 Å². The topological polar surface area (TPSA) is 86.7 Å². The number of aromatic hydroxyl groups is 1. The second kappa shape index (κ2) is 8.09. The van der Waals surface area contributed by atoms with Gasteiger partial charge in [0.2, 0.25) is 0 Å². The molecular weight excluding hydrogens is 364 g/mol. The van der Waals surface area contributed by atoms with Crippen molar-refractivity contribution in [2.24, 2.45) is 0 Å². The van der Waals surface area contributed by atoms with E-state index in [2.05, 4.69) is 5.32 Å². The van der Waals surface area contributed by atoms with Gasteiger partial charge >= 0.3 is 0 Å². The van der Waals surface area contributed by atoms with E-state index < -0.39 is 5.91 Å². The lowest BCUT2D eigenvalue weighted by Gasteiger charge is -2.13. The number of nitrogens with one attached hydrogen (secondary N) is 1. The van der Waals surface area contributed by atoms with E-state index in [1.165, 1.54) is 6.07 Å². The van der Waals surface area contributed by atoms with E-state index in [9.17, 15) is 19.5 Å². The molecule has 0 bridgehead atoms. The first-order valence-electron chi connectivity index (χ1n) is 8.34. The monoisotopic (exact) mass is 382 g/mol. The predicted octanol–water partition coefficient (Wildman–Crippen LogP) is 3.17. The number of carbonyl (C=O) groups excluding carboxylic acids is 3. The number of carbonyl (C=O) groups is 3. The van der Waals surface area contributed by atoms with Crippen LogP contribution in [0.25, 0.3) is 6.08 Å². The van der Waals surface area contributed by atoms with Crippen molar-refractivity contribution in [1.29, 1.82) is 0 Å². The van der Waals surface area contributed by atoms with E-state index in [1.807, 2.05) is 37.3 Å². The van der Waals surface area contributed by atoms with Crippen LogP contribution in [0.2, 0.25) is 0 Å². The number of phenols is 1. The largest absolute Gasteiger partial charge is 0.507 e. The average Bonchev–Trinajstić information content (AvgIpc) is 2.91. The summed E-state index contributed by atoms with van der Waals surface area (Å²) in [6, 6.07) is 14.0. The second-order valence-electron chi connectivity index (χ2n) is 6.02. The van der Waals surface area contributed by atoms with Gasteiger partial charge in [-0.25, -0.2) is 0 Å². The van der Waals surface area contributed by atoms with Gasteiger partial charge in [-0.3, -0.25) is 19.3 Å². The molecule has 6 nitrogen and oxygen atoms in total. The fourth-order valence-corrected chi connectivity index (χ4v) is 3.47. The molecule has 27 heavy (non-hydrogen) atoms. The van der Waals surface area contributed by atoms with Crippen LogP contribution in [0.4, 0.5) is 4.79 Å². The highest BCUT2D eigenvalue weighted by molar-refractivity contribution is 8.18. The van der Waals surface area contributed by atoms with Crippen LogP contribution < -0.4 is 5.32 Å². The molecule has 2 aromatic carbocycles. The first kappa shape index (κ1) is 18.7. The number of rotatable bonds is 5. The van der Waals surface area contributed by atoms with Crippen LogP contribution in [-0.2, 0) is 4.79 Å². The van der Waals surface area contributed by atoms with Crippen LogP contribution in [0.5, 0.6) is 5.75 Å². The Bertz CT molecular complexity index is 925. The van der Waals surface area contributed by atoms with Gasteiger partial charge in [-0.15, -0.1) is 0 Å². The van der Waals surface area contributed by atoms with E-state index in [1.54, 1.807) is 18.2 Å². The number of benzene rings is 2. The fraction of sp³-hybridized carbons (Fsp3) is 0.150. The third-order valence-electron chi connectivity index (χ3n) is 3.99. The Morgan fingerprint density at radius 1 is 1.19 bits per heavy atom. The van der Waals surface area contributed by atoms with Crippen molar-refractivity contribution in [2.45, 2.75) is 6.92 Å². The first-order valence-corrected chi connectivity index (χ1v) is 9.15. The van der Waals surface area contributed by atoms with E-state index >= 15 is 0 Å². The van der Waals surface area contributed by atoms with Crippen molar-refractivity contribution in [3.05, 3.63) is 70.1 Å². The standard InChI is InChI=1S/C20H18N2O4S/c1-13-7-8-16(23)15(11-13)18(24)21-9-10-22-19(25)17(27-20(22)26)12-14-5-3-2-4-6-14/h2-8,11-12,23H,9-10H2,1H3,(H,21,24)/b17-12-. The normalized spacial score (nSPS) is 15.4. The van der Waals surface area contributed by atoms with Crippen LogP contribution in [0.15, 0.2) is 53.4 Å². The summed E-state index contributed by atoms with van der Waals surface area (Å²) >= 11 is 0.882. The van der Waals surface area contributed by atoms with E-state index in [-0.39, 0.29) is 35.5 Å². The Morgan fingerprint density at radius 2 is 1.93 bits per heavy atom. The molecule has 0 aromatic heterocycles. The zero-order valence-electron chi connectivity index (χ0n) is 14.6. The minimum absolute atomic E-state index is 0.0646. The molecule has 1 aliphatic heterocycles. The minimum Gasteiger partial charge on any atom is -0.507 e. The maximum atomic E-state index is 12.4. The molecule has 3 amide bonds. The van der Waals surface area contributed by atoms with Crippen molar-refractivity contribution in [3.8, 4) is 5.75 Å². The maximum absolute atomic E-state index is 12.4. The molecule has 138 valence electrons. The quantitative estimate of drug-likeness (QED) is 0.776.